The molecule has 33 heavy (non-hydrogen) atoms. The van der Waals surface area contributed by atoms with Gasteiger partial charge in [0.25, 0.3) is 5.56 Å². The van der Waals surface area contributed by atoms with Gasteiger partial charge in [0.2, 0.25) is 5.91 Å². The number of Topliss-reactive ketones (excluding diaryl/α,β-unsaturated/α-hetero) is 1. The average molecular weight is 458 g/mol. The minimum Gasteiger partial charge on any atom is -0.325 e. The number of rotatable bonds is 6. The largest absolute Gasteiger partial charge is 0.325 e. The Balaban J connectivity index is 1.69. The van der Waals surface area contributed by atoms with Gasteiger partial charge >= 0.3 is 0 Å². The number of anilines is 1. The Bertz CT molecular complexity index is 1430. The van der Waals surface area contributed by atoms with Gasteiger partial charge in [-0.25, -0.2) is 4.98 Å². The summed E-state index contributed by atoms with van der Waals surface area (Å²) in [5, 5.41) is 3.25. The summed E-state index contributed by atoms with van der Waals surface area (Å²) < 4.78 is 1.56. The molecule has 1 heterocycles. The molecule has 7 heteroatoms. The quantitative estimate of drug-likeness (QED) is 0.250. The molecule has 166 valence electrons. The molecule has 0 fully saturated rings. The van der Waals surface area contributed by atoms with E-state index in [0.29, 0.717) is 33.0 Å². The molecule has 0 aliphatic rings. The number of aryl methyl sites for hydroxylation is 1. The number of nitrogens with one attached hydrogen (secondary N) is 1. The molecule has 4 aromatic rings. The molecule has 1 N–H and O–H groups in total. The number of benzene rings is 3. The van der Waals surface area contributed by atoms with Crippen LogP contribution in [0.3, 0.4) is 0 Å². The van der Waals surface area contributed by atoms with E-state index in [-0.39, 0.29) is 17.2 Å². The monoisotopic (exact) mass is 457 g/mol. The normalized spacial score (nSPS) is 11.8. The molecule has 1 unspecified atom stereocenters. The first-order valence-electron chi connectivity index (χ1n) is 10.5. The lowest BCUT2D eigenvalue weighted by Crippen LogP contribution is -2.26. The lowest BCUT2D eigenvalue weighted by atomic mass is 10.1. The van der Waals surface area contributed by atoms with Crippen LogP contribution in [0.2, 0.25) is 0 Å². The van der Waals surface area contributed by atoms with Crippen molar-refractivity contribution < 1.29 is 9.59 Å². The molecule has 6 nitrogen and oxygen atoms in total. The summed E-state index contributed by atoms with van der Waals surface area (Å²) in [6, 6.07) is 21.6. The SMILES string of the molecule is CC(=O)c1cccc(NC(=O)C(C)Sc2nc3ccccc3c(=O)n2-c2cccc(C)c2)c1. The Kier molecular flexibility index (Phi) is 6.42. The van der Waals surface area contributed by atoms with Crippen molar-refractivity contribution in [1.82, 2.24) is 9.55 Å². The van der Waals surface area contributed by atoms with Gasteiger partial charge in [0, 0.05) is 11.3 Å². The number of para-hydroxylation sites is 1. The number of hydrogen-bond acceptors (Lipinski definition) is 5. The van der Waals surface area contributed by atoms with Crippen LogP contribution in [0.5, 0.6) is 0 Å². The summed E-state index contributed by atoms with van der Waals surface area (Å²) in [7, 11) is 0. The minimum absolute atomic E-state index is 0.0731. The highest BCUT2D eigenvalue weighted by molar-refractivity contribution is 8.00. The maximum Gasteiger partial charge on any atom is 0.266 e. The van der Waals surface area contributed by atoms with Crippen LogP contribution in [-0.2, 0) is 4.79 Å². The van der Waals surface area contributed by atoms with E-state index < -0.39 is 5.25 Å². The van der Waals surface area contributed by atoms with E-state index in [1.807, 2.05) is 43.3 Å². The molecule has 3 aromatic carbocycles. The zero-order valence-electron chi connectivity index (χ0n) is 18.5. The smallest absolute Gasteiger partial charge is 0.266 e. The number of fused-ring (bicyclic) bond motifs is 1. The van der Waals surface area contributed by atoms with Crippen molar-refractivity contribution in [2.24, 2.45) is 0 Å². The number of ketones is 1. The zero-order chi connectivity index (χ0) is 23.5. The predicted molar refractivity (Wildman–Crippen MR) is 132 cm³/mol. The van der Waals surface area contributed by atoms with Crippen LogP contribution in [-0.4, -0.2) is 26.5 Å². The molecule has 0 aliphatic carbocycles. The van der Waals surface area contributed by atoms with Crippen molar-refractivity contribution in [2.75, 3.05) is 5.32 Å². The Hall–Kier alpha value is -3.71. The topological polar surface area (TPSA) is 81.1 Å². The van der Waals surface area contributed by atoms with Gasteiger partial charge in [0.05, 0.1) is 21.8 Å². The fourth-order valence-corrected chi connectivity index (χ4v) is 4.38. The summed E-state index contributed by atoms with van der Waals surface area (Å²) in [4.78, 5) is 42.6. The molecule has 0 saturated heterocycles. The predicted octanol–water partition coefficient (Wildman–Crippen LogP) is 5.02. The van der Waals surface area contributed by atoms with Gasteiger partial charge in [-0.2, -0.15) is 0 Å². The summed E-state index contributed by atoms with van der Waals surface area (Å²) in [5.41, 5.74) is 3.17. The van der Waals surface area contributed by atoms with E-state index in [1.165, 1.54) is 18.7 Å². The van der Waals surface area contributed by atoms with Gasteiger partial charge in [0.15, 0.2) is 10.9 Å². The standard InChI is InChI=1S/C26H23N3O3S/c1-16-8-6-11-21(14-16)29-25(32)22-12-4-5-13-23(22)28-26(29)33-18(3)24(31)27-20-10-7-9-19(15-20)17(2)30/h4-15,18H,1-3H3,(H,27,31). The summed E-state index contributed by atoms with van der Waals surface area (Å²) >= 11 is 1.21. The molecule has 4 rings (SSSR count). The summed E-state index contributed by atoms with van der Waals surface area (Å²) in [5.74, 6) is -0.324. The number of thioether (sulfide) groups is 1. The Morgan fingerprint density at radius 1 is 1.00 bits per heavy atom. The summed E-state index contributed by atoms with van der Waals surface area (Å²) in [6.07, 6.45) is 0. The van der Waals surface area contributed by atoms with Crippen LogP contribution < -0.4 is 10.9 Å². The third-order valence-corrected chi connectivity index (χ3v) is 6.25. The van der Waals surface area contributed by atoms with E-state index in [4.69, 9.17) is 4.98 Å². The van der Waals surface area contributed by atoms with Crippen LogP contribution >= 0.6 is 11.8 Å². The second kappa shape index (κ2) is 9.42. The van der Waals surface area contributed by atoms with Crippen molar-refractivity contribution in [2.45, 2.75) is 31.2 Å². The summed E-state index contributed by atoms with van der Waals surface area (Å²) in [6.45, 7) is 5.20. The first kappa shape index (κ1) is 22.5. The number of aromatic nitrogens is 2. The number of nitrogens with zero attached hydrogens (tertiary/aromatic N) is 2. The van der Waals surface area contributed by atoms with Gasteiger partial charge in [-0.3, -0.25) is 19.0 Å². The van der Waals surface area contributed by atoms with Gasteiger partial charge in [-0.1, -0.05) is 48.2 Å². The fourth-order valence-electron chi connectivity index (χ4n) is 3.46. The molecule has 0 aliphatic heterocycles. The molecular weight excluding hydrogens is 434 g/mol. The minimum atomic E-state index is -0.546. The van der Waals surface area contributed by atoms with E-state index in [2.05, 4.69) is 5.32 Å². The molecule has 1 atom stereocenters. The van der Waals surface area contributed by atoms with Gasteiger partial charge in [0.1, 0.15) is 0 Å². The van der Waals surface area contributed by atoms with Crippen molar-refractivity contribution >= 4 is 40.0 Å². The number of hydrogen-bond donors (Lipinski definition) is 1. The van der Waals surface area contributed by atoms with E-state index in [1.54, 1.807) is 47.9 Å². The van der Waals surface area contributed by atoms with Crippen molar-refractivity contribution in [3.63, 3.8) is 0 Å². The van der Waals surface area contributed by atoms with Crippen molar-refractivity contribution in [3.8, 4) is 5.69 Å². The number of carbonyl (C=O) groups is 2. The number of carbonyl (C=O) groups excluding carboxylic acids is 2. The zero-order valence-corrected chi connectivity index (χ0v) is 19.3. The van der Waals surface area contributed by atoms with Crippen LogP contribution in [0.25, 0.3) is 16.6 Å². The Morgan fingerprint density at radius 3 is 2.52 bits per heavy atom. The molecular formula is C26H23N3O3S. The second-order valence-electron chi connectivity index (χ2n) is 7.78. The molecule has 0 radical (unpaired) electrons. The molecule has 0 spiro atoms. The third-order valence-electron chi connectivity index (χ3n) is 5.19. The van der Waals surface area contributed by atoms with Crippen LogP contribution in [0.4, 0.5) is 5.69 Å². The first-order chi connectivity index (χ1) is 15.8. The molecule has 0 bridgehead atoms. The number of amides is 1. The van der Waals surface area contributed by atoms with Gasteiger partial charge < -0.3 is 5.32 Å². The third kappa shape index (κ3) is 4.88. The van der Waals surface area contributed by atoms with E-state index in [0.717, 1.165) is 5.56 Å². The van der Waals surface area contributed by atoms with Crippen LogP contribution in [0.1, 0.15) is 29.8 Å². The van der Waals surface area contributed by atoms with Crippen molar-refractivity contribution in [3.05, 3.63) is 94.3 Å². The Labute approximate surface area is 195 Å². The molecule has 1 aromatic heterocycles. The average Bonchev–Trinajstić information content (AvgIpc) is 2.79. The van der Waals surface area contributed by atoms with E-state index in [9.17, 15) is 14.4 Å². The van der Waals surface area contributed by atoms with Crippen LogP contribution in [0.15, 0.2) is 82.7 Å². The molecule has 1 amide bonds. The highest BCUT2D eigenvalue weighted by Crippen LogP contribution is 2.26. The maximum atomic E-state index is 13.4. The molecule has 0 saturated carbocycles. The fraction of sp³-hybridized carbons (Fsp3) is 0.154. The lowest BCUT2D eigenvalue weighted by molar-refractivity contribution is -0.115. The van der Waals surface area contributed by atoms with E-state index >= 15 is 0 Å². The maximum absolute atomic E-state index is 13.4. The van der Waals surface area contributed by atoms with Gasteiger partial charge in [-0.05, 0) is 62.7 Å². The highest BCUT2D eigenvalue weighted by atomic mass is 32.2. The first-order valence-corrected chi connectivity index (χ1v) is 11.4. The van der Waals surface area contributed by atoms with Gasteiger partial charge in [-0.15, -0.1) is 0 Å². The highest BCUT2D eigenvalue weighted by Gasteiger charge is 2.20. The lowest BCUT2D eigenvalue weighted by Gasteiger charge is -2.17. The van der Waals surface area contributed by atoms with Crippen LogP contribution in [0, 0.1) is 6.92 Å². The second-order valence-corrected chi connectivity index (χ2v) is 9.09. The van der Waals surface area contributed by atoms with Crippen molar-refractivity contribution in [1.29, 1.82) is 0 Å². The Morgan fingerprint density at radius 2 is 1.76 bits per heavy atom.